The zero-order valence-electron chi connectivity index (χ0n) is 11.7. The van der Waals surface area contributed by atoms with E-state index in [1.165, 1.54) is 0 Å². The van der Waals surface area contributed by atoms with Crippen LogP contribution in [0.4, 0.5) is 0 Å². The van der Waals surface area contributed by atoms with Gasteiger partial charge in [0.25, 0.3) is 0 Å². The number of benzene rings is 1. The lowest BCUT2D eigenvalue weighted by Crippen LogP contribution is -2.27. The smallest absolute Gasteiger partial charge is 0.165 e. The van der Waals surface area contributed by atoms with Crippen LogP contribution >= 0.6 is 0 Å². The third-order valence-corrected chi connectivity index (χ3v) is 3.86. The molecule has 1 aliphatic rings. The van der Waals surface area contributed by atoms with Crippen molar-refractivity contribution < 1.29 is 4.79 Å². The lowest BCUT2D eigenvalue weighted by Gasteiger charge is -2.29. The number of aromatic nitrogens is 1. The third kappa shape index (κ3) is 1.94. The van der Waals surface area contributed by atoms with Crippen molar-refractivity contribution in [2.24, 2.45) is 5.41 Å². The Kier molecular flexibility index (Phi) is 2.76. The molecule has 0 aliphatic heterocycles. The van der Waals surface area contributed by atoms with E-state index < -0.39 is 0 Å². The number of nitriles is 1. The quantitative estimate of drug-likeness (QED) is 0.791. The second kappa shape index (κ2) is 4.35. The first-order chi connectivity index (χ1) is 9.52. The predicted octanol–water partition coefficient (Wildman–Crippen LogP) is 3.50. The fraction of sp³-hybridized carbons (Fsp3) is 0.294. The lowest BCUT2D eigenvalue weighted by molar-refractivity contribution is 0.0911. The summed E-state index contributed by atoms with van der Waals surface area (Å²) in [5.74, 6) is 0.199. The molecule has 20 heavy (non-hydrogen) atoms. The van der Waals surface area contributed by atoms with Crippen LogP contribution in [0.1, 0.15) is 41.9 Å². The Labute approximate surface area is 118 Å². The molecule has 0 saturated carbocycles. The monoisotopic (exact) mass is 264 g/mol. The van der Waals surface area contributed by atoms with E-state index >= 15 is 0 Å². The molecule has 1 aromatic carbocycles. The number of carbonyl (C=O) groups excluding carboxylic acids is 1. The Bertz CT molecular complexity index is 732. The highest BCUT2D eigenvalue weighted by atomic mass is 16.1. The second-order valence-corrected chi connectivity index (χ2v) is 6.12. The number of Topliss-reactive ketones (excluding diaryl/α,β-unsaturated/α-hetero) is 1. The van der Waals surface area contributed by atoms with Gasteiger partial charge in [0, 0.05) is 23.9 Å². The van der Waals surface area contributed by atoms with Crippen molar-refractivity contribution in [3.8, 4) is 11.8 Å². The number of fused-ring (bicyclic) bond motifs is 1. The van der Waals surface area contributed by atoms with E-state index in [2.05, 4.69) is 19.9 Å². The van der Waals surface area contributed by atoms with E-state index in [9.17, 15) is 10.1 Å². The Hall–Kier alpha value is -2.34. The van der Waals surface area contributed by atoms with Gasteiger partial charge in [-0.1, -0.05) is 26.0 Å². The lowest BCUT2D eigenvalue weighted by atomic mass is 9.76. The summed E-state index contributed by atoms with van der Waals surface area (Å²) >= 11 is 0. The average molecular weight is 264 g/mol. The average Bonchev–Trinajstić information content (AvgIpc) is 2.81. The molecule has 1 heterocycles. The summed E-state index contributed by atoms with van der Waals surface area (Å²) < 4.78 is 1.99. The maximum absolute atomic E-state index is 12.2. The Morgan fingerprint density at radius 1 is 1.20 bits per heavy atom. The van der Waals surface area contributed by atoms with Gasteiger partial charge >= 0.3 is 0 Å². The number of carbonyl (C=O) groups is 1. The number of hydrogen-bond acceptors (Lipinski definition) is 2. The van der Waals surface area contributed by atoms with Crippen molar-refractivity contribution >= 4 is 5.78 Å². The molecular weight excluding hydrogens is 248 g/mol. The van der Waals surface area contributed by atoms with Gasteiger partial charge in [-0.2, -0.15) is 5.26 Å². The van der Waals surface area contributed by atoms with E-state index in [4.69, 9.17) is 0 Å². The van der Waals surface area contributed by atoms with Crippen molar-refractivity contribution in [3.05, 3.63) is 53.3 Å². The summed E-state index contributed by atoms with van der Waals surface area (Å²) in [6.07, 6.45) is 3.34. The fourth-order valence-corrected chi connectivity index (χ4v) is 2.95. The maximum Gasteiger partial charge on any atom is 0.165 e. The standard InChI is InChI=1S/C17H16N2O/c1-17(2)9-15-13(16(20)10-17)7-8-19(15)14-6-4-3-5-12(14)11-18/h3-8H,9-10H2,1-2H3. The van der Waals surface area contributed by atoms with Gasteiger partial charge in [0.2, 0.25) is 0 Å². The largest absolute Gasteiger partial charge is 0.319 e. The molecule has 0 fully saturated rings. The summed E-state index contributed by atoms with van der Waals surface area (Å²) in [6, 6.07) is 11.6. The summed E-state index contributed by atoms with van der Waals surface area (Å²) in [5.41, 5.74) is 3.27. The van der Waals surface area contributed by atoms with Crippen LogP contribution in [0.15, 0.2) is 36.5 Å². The van der Waals surface area contributed by atoms with E-state index in [0.717, 1.165) is 23.4 Å². The van der Waals surface area contributed by atoms with Gasteiger partial charge in [-0.25, -0.2) is 0 Å². The topological polar surface area (TPSA) is 45.8 Å². The molecule has 3 heteroatoms. The van der Waals surface area contributed by atoms with Crippen LogP contribution in [0.25, 0.3) is 5.69 Å². The first kappa shape index (κ1) is 12.7. The molecule has 1 aliphatic carbocycles. The molecule has 0 N–H and O–H groups in total. The van der Waals surface area contributed by atoms with Gasteiger partial charge in [0.05, 0.1) is 11.3 Å². The summed E-state index contributed by atoms with van der Waals surface area (Å²) in [6.45, 7) is 4.22. The molecule has 0 amide bonds. The minimum atomic E-state index is -0.0260. The van der Waals surface area contributed by atoms with Gasteiger partial charge in [-0.15, -0.1) is 0 Å². The van der Waals surface area contributed by atoms with Crippen LogP contribution in [0, 0.1) is 16.7 Å². The Balaban J connectivity index is 2.19. The molecule has 1 aromatic heterocycles. The third-order valence-electron chi connectivity index (χ3n) is 3.86. The number of ketones is 1. The maximum atomic E-state index is 12.2. The summed E-state index contributed by atoms with van der Waals surface area (Å²) in [5, 5.41) is 9.25. The molecule has 2 aromatic rings. The van der Waals surface area contributed by atoms with E-state index in [0.29, 0.717) is 12.0 Å². The van der Waals surface area contributed by atoms with Crippen molar-refractivity contribution in [2.45, 2.75) is 26.7 Å². The van der Waals surface area contributed by atoms with Crippen LogP contribution in [-0.2, 0) is 6.42 Å². The number of nitrogens with zero attached hydrogens (tertiary/aromatic N) is 2. The summed E-state index contributed by atoms with van der Waals surface area (Å²) in [7, 11) is 0. The first-order valence-corrected chi connectivity index (χ1v) is 6.75. The van der Waals surface area contributed by atoms with Crippen LogP contribution in [0.2, 0.25) is 0 Å². The second-order valence-electron chi connectivity index (χ2n) is 6.12. The van der Waals surface area contributed by atoms with Gasteiger partial charge in [0.1, 0.15) is 6.07 Å². The van der Waals surface area contributed by atoms with E-state index in [1.54, 1.807) is 6.07 Å². The highest BCUT2D eigenvalue weighted by Crippen LogP contribution is 2.36. The predicted molar refractivity (Wildman–Crippen MR) is 76.9 cm³/mol. The fourth-order valence-electron chi connectivity index (χ4n) is 2.95. The first-order valence-electron chi connectivity index (χ1n) is 6.75. The molecule has 0 unspecified atom stereocenters. The van der Waals surface area contributed by atoms with Gasteiger partial charge in [0.15, 0.2) is 5.78 Å². The van der Waals surface area contributed by atoms with Crippen LogP contribution in [-0.4, -0.2) is 10.4 Å². The van der Waals surface area contributed by atoms with Crippen molar-refractivity contribution in [3.63, 3.8) is 0 Å². The Morgan fingerprint density at radius 3 is 2.70 bits per heavy atom. The van der Waals surface area contributed by atoms with Crippen molar-refractivity contribution in [1.29, 1.82) is 5.26 Å². The minimum absolute atomic E-state index is 0.0260. The molecule has 0 spiro atoms. The van der Waals surface area contributed by atoms with Crippen LogP contribution in [0.5, 0.6) is 0 Å². The minimum Gasteiger partial charge on any atom is -0.319 e. The van der Waals surface area contributed by atoms with Gasteiger partial charge in [-0.3, -0.25) is 4.79 Å². The van der Waals surface area contributed by atoms with Gasteiger partial charge < -0.3 is 4.57 Å². The highest BCUT2D eigenvalue weighted by Gasteiger charge is 2.33. The molecule has 0 saturated heterocycles. The molecule has 0 bridgehead atoms. The van der Waals surface area contributed by atoms with Crippen LogP contribution in [0.3, 0.4) is 0 Å². The Morgan fingerprint density at radius 2 is 1.95 bits per heavy atom. The molecule has 0 radical (unpaired) electrons. The summed E-state index contributed by atoms with van der Waals surface area (Å²) in [4.78, 5) is 12.2. The zero-order chi connectivity index (χ0) is 14.3. The molecule has 3 nitrogen and oxygen atoms in total. The molecule has 100 valence electrons. The number of para-hydroxylation sites is 1. The molecular formula is C17H16N2O. The number of rotatable bonds is 1. The zero-order valence-corrected chi connectivity index (χ0v) is 11.7. The van der Waals surface area contributed by atoms with Crippen molar-refractivity contribution in [1.82, 2.24) is 4.57 Å². The number of hydrogen-bond donors (Lipinski definition) is 0. The van der Waals surface area contributed by atoms with Gasteiger partial charge in [-0.05, 0) is 30.0 Å². The van der Waals surface area contributed by atoms with E-state index in [1.807, 2.05) is 35.0 Å². The molecule has 3 rings (SSSR count). The van der Waals surface area contributed by atoms with Crippen molar-refractivity contribution in [2.75, 3.05) is 0 Å². The SMILES string of the molecule is CC1(C)CC(=O)c2ccn(-c3ccccc3C#N)c2C1. The normalized spacial score (nSPS) is 16.6. The molecule has 0 atom stereocenters. The highest BCUT2D eigenvalue weighted by molar-refractivity contribution is 5.99. The van der Waals surface area contributed by atoms with E-state index in [-0.39, 0.29) is 11.2 Å². The van der Waals surface area contributed by atoms with Crippen LogP contribution < -0.4 is 0 Å².